The van der Waals surface area contributed by atoms with Gasteiger partial charge in [-0.1, -0.05) is 41.9 Å². The van der Waals surface area contributed by atoms with E-state index < -0.39 is 0 Å². The van der Waals surface area contributed by atoms with Crippen LogP contribution in [0.4, 0.5) is 0 Å². The summed E-state index contributed by atoms with van der Waals surface area (Å²) < 4.78 is 4.64. The highest BCUT2D eigenvalue weighted by Crippen LogP contribution is 2.15. The van der Waals surface area contributed by atoms with E-state index in [1.807, 2.05) is 39.8 Å². The molecule has 0 aliphatic carbocycles. The lowest BCUT2D eigenvalue weighted by molar-refractivity contribution is 0.0981. The van der Waals surface area contributed by atoms with E-state index >= 15 is 0 Å². The van der Waals surface area contributed by atoms with Gasteiger partial charge in [0.15, 0.2) is 0 Å². The fourth-order valence-electron chi connectivity index (χ4n) is 3.56. The molecule has 0 spiro atoms. The first-order valence-corrected chi connectivity index (χ1v) is 10.3. The number of hydrogen-bond acceptors (Lipinski definition) is 4. The van der Waals surface area contributed by atoms with Crippen LogP contribution in [0.3, 0.4) is 0 Å². The molecular weight excluding hydrogens is 390 g/mol. The number of piperazine rings is 1. The predicted octanol–water partition coefficient (Wildman–Crippen LogP) is 4.14. The van der Waals surface area contributed by atoms with Crippen LogP contribution in [-0.4, -0.2) is 50.3 Å². The summed E-state index contributed by atoms with van der Waals surface area (Å²) in [5.74, 6) is 0. The number of hydrogen-bond donors (Lipinski definition) is 0. The van der Waals surface area contributed by atoms with Gasteiger partial charge in [-0.25, -0.2) is 4.68 Å². The van der Waals surface area contributed by atoms with Gasteiger partial charge < -0.3 is 0 Å². The molecule has 1 saturated heterocycles. The number of benzene rings is 2. The maximum atomic E-state index is 5.97. The summed E-state index contributed by atoms with van der Waals surface area (Å²) in [6.07, 6.45) is 1.82. The third kappa shape index (κ3) is 4.36. The van der Waals surface area contributed by atoms with Gasteiger partial charge in [-0.05, 0) is 48.5 Å². The first-order valence-electron chi connectivity index (χ1n) is 9.50. The average Bonchev–Trinajstić information content (AvgIpc) is 3.06. The molecule has 1 aromatic heterocycles. The Morgan fingerprint density at radius 3 is 2.36 bits per heavy atom. The third-order valence-corrected chi connectivity index (χ3v) is 5.89. The van der Waals surface area contributed by atoms with Crippen molar-refractivity contribution < 1.29 is 0 Å². The number of nitrogens with zero attached hydrogens (tertiary/aromatic N) is 5. The Bertz CT molecular complexity index is 987. The van der Waals surface area contributed by atoms with Gasteiger partial charge in [-0.15, -0.1) is 0 Å². The van der Waals surface area contributed by atoms with Crippen LogP contribution in [0, 0.1) is 11.7 Å². The highest BCUT2D eigenvalue weighted by atomic mass is 35.5. The van der Waals surface area contributed by atoms with Crippen LogP contribution < -0.4 is 0 Å². The maximum Gasteiger partial charge on any atom is 0.203 e. The van der Waals surface area contributed by atoms with E-state index in [0.29, 0.717) is 0 Å². The SMILES string of the molecule is Cc1ccccc1-n1cnn(CN2CCN(Cc3ccc(Cl)cc3)CC2)c1=S. The Morgan fingerprint density at radius 1 is 0.964 bits per heavy atom. The molecule has 0 saturated carbocycles. The molecule has 146 valence electrons. The minimum absolute atomic E-state index is 0.729. The fourth-order valence-corrected chi connectivity index (χ4v) is 3.94. The molecule has 4 rings (SSSR count). The molecule has 0 radical (unpaired) electrons. The van der Waals surface area contributed by atoms with Crippen molar-refractivity contribution in [1.82, 2.24) is 24.1 Å². The zero-order valence-corrected chi connectivity index (χ0v) is 17.5. The standard InChI is InChI=1S/C21H24ClN5S/c1-17-4-2-3-5-20(17)26-15-23-27(21(26)28)16-25-12-10-24(11-13-25)14-18-6-8-19(22)9-7-18/h2-9,15H,10-14,16H2,1H3. The van der Waals surface area contributed by atoms with Gasteiger partial charge in [0.2, 0.25) is 4.77 Å². The van der Waals surface area contributed by atoms with Crippen LogP contribution in [0.2, 0.25) is 5.02 Å². The average molecular weight is 414 g/mol. The Hall–Kier alpha value is -1.99. The molecule has 3 aromatic rings. The lowest BCUT2D eigenvalue weighted by Crippen LogP contribution is -2.46. The lowest BCUT2D eigenvalue weighted by atomic mass is 10.2. The number of aryl methyl sites for hydroxylation is 1. The van der Waals surface area contributed by atoms with E-state index in [9.17, 15) is 0 Å². The number of halogens is 1. The topological polar surface area (TPSA) is 29.2 Å². The summed E-state index contributed by atoms with van der Waals surface area (Å²) in [5.41, 5.74) is 3.58. The highest BCUT2D eigenvalue weighted by Gasteiger charge is 2.18. The molecule has 0 unspecified atom stereocenters. The minimum Gasteiger partial charge on any atom is -0.297 e. The quantitative estimate of drug-likeness (QED) is 0.588. The Balaban J connectivity index is 1.36. The van der Waals surface area contributed by atoms with Gasteiger partial charge >= 0.3 is 0 Å². The zero-order valence-electron chi connectivity index (χ0n) is 16.0. The fraction of sp³-hybridized carbons (Fsp3) is 0.333. The van der Waals surface area contributed by atoms with Gasteiger partial charge in [0.1, 0.15) is 6.33 Å². The maximum absolute atomic E-state index is 5.97. The second-order valence-corrected chi connectivity index (χ2v) is 8.03. The van der Waals surface area contributed by atoms with Crippen molar-refractivity contribution in [3.05, 3.63) is 75.8 Å². The summed E-state index contributed by atoms with van der Waals surface area (Å²) in [5, 5.41) is 5.32. The Kier molecular flexibility index (Phi) is 5.92. The second kappa shape index (κ2) is 8.57. The zero-order chi connectivity index (χ0) is 19.5. The number of rotatable bonds is 5. The Labute approximate surface area is 175 Å². The van der Waals surface area contributed by atoms with Crippen LogP contribution in [0.1, 0.15) is 11.1 Å². The van der Waals surface area contributed by atoms with Crippen molar-refractivity contribution in [2.45, 2.75) is 20.1 Å². The van der Waals surface area contributed by atoms with Crippen LogP contribution in [0.25, 0.3) is 5.69 Å². The Morgan fingerprint density at radius 2 is 1.64 bits per heavy atom. The molecule has 0 atom stereocenters. The lowest BCUT2D eigenvalue weighted by Gasteiger charge is -2.34. The molecule has 7 heteroatoms. The molecule has 2 heterocycles. The summed E-state index contributed by atoms with van der Waals surface area (Å²) in [4.78, 5) is 4.88. The van der Waals surface area contributed by atoms with E-state index in [0.717, 1.165) is 54.9 Å². The van der Waals surface area contributed by atoms with Crippen molar-refractivity contribution in [1.29, 1.82) is 0 Å². The summed E-state index contributed by atoms with van der Waals surface area (Å²) in [6, 6.07) is 16.4. The molecule has 0 N–H and O–H groups in total. The molecule has 0 amide bonds. The van der Waals surface area contributed by atoms with E-state index in [1.165, 1.54) is 11.1 Å². The molecule has 1 fully saturated rings. The summed E-state index contributed by atoms with van der Waals surface area (Å²) in [6.45, 7) is 7.87. The third-order valence-electron chi connectivity index (χ3n) is 5.23. The largest absolute Gasteiger partial charge is 0.297 e. The van der Waals surface area contributed by atoms with Gasteiger partial charge in [-0.3, -0.25) is 14.4 Å². The summed E-state index contributed by atoms with van der Waals surface area (Å²) in [7, 11) is 0. The van der Waals surface area contributed by atoms with Gasteiger partial charge in [0, 0.05) is 37.7 Å². The van der Waals surface area contributed by atoms with Crippen molar-refractivity contribution >= 4 is 23.8 Å². The van der Waals surface area contributed by atoms with E-state index in [2.05, 4.69) is 46.1 Å². The first-order chi connectivity index (χ1) is 13.6. The van der Waals surface area contributed by atoms with Crippen LogP contribution in [0.15, 0.2) is 54.9 Å². The van der Waals surface area contributed by atoms with E-state index in [1.54, 1.807) is 0 Å². The monoisotopic (exact) mass is 413 g/mol. The van der Waals surface area contributed by atoms with Crippen LogP contribution >= 0.6 is 23.8 Å². The minimum atomic E-state index is 0.729. The molecular formula is C21H24ClN5S. The second-order valence-electron chi connectivity index (χ2n) is 7.23. The predicted molar refractivity (Wildman–Crippen MR) is 115 cm³/mol. The van der Waals surface area contributed by atoms with E-state index in [4.69, 9.17) is 23.8 Å². The summed E-state index contributed by atoms with van der Waals surface area (Å²) >= 11 is 11.6. The van der Waals surface area contributed by atoms with Gasteiger partial charge in [-0.2, -0.15) is 5.10 Å². The molecule has 1 aliphatic heterocycles. The number of para-hydroxylation sites is 1. The van der Waals surface area contributed by atoms with Gasteiger partial charge in [0.05, 0.1) is 12.4 Å². The van der Waals surface area contributed by atoms with Crippen molar-refractivity contribution in [3.63, 3.8) is 0 Å². The molecule has 1 aliphatic rings. The molecule has 28 heavy (non-hydrogen) atoms. The molecule has 5 nitrogen and oxygen atoms in total. The van der Waals surface area contributed by atoms with Crippen molar-refractivity contribution in [2.24, 2.45) is 0 Å². The van der Waals surface area contributed by atoms with Crippen LogP contribution in [-0.2, 0) is 13.2 Å². The van der Waals surface area contributed by atoms with Crippen molar-refractivity contribution in [3.8, 4) is 5.69 Å². The van der Waals surface area contributed by atoms with Crippen molar-refractivity contribution in [2.75, 3.05) is 26.2 Å². The molecule has 0 bridgehead atoms. The van der Waals surface area contributed by atoms with E-state index in [-0.39, 0.29) is 0 Å². The number of aromatic nitrogens is 3. The molecule has 2 aromatic carbocycles. The van der Waals surface area contributed by atoms with Crippen LogP contribution in [0.5, 0.6) is 0 Å². The highest BCUT2D eigenvalue weighted by molar-refractivity contribution is 7.71. The smallest absolute Gasteiger partial charge is 0.203 e. The van der Waals surface area contributed by atoms with Gasteiger partial charge in [0.25, 0.3) is 0 Å². The first kappa shape index (κ1) is 19.3. The normalized spacial score (nSPS) is 15.8.